The standard InChI is InChI=1S/C17H21N6O14P3.C17H18N6O5.2CH4/c24-12-5-14(35-13(12)7-34-39(30,31)37-40(32,33)36-38(27,28)29)22-9-21-15-16(19-8-20-17(15)22)18-6-10-3-1-2-4-11(10)23(25)26;24-7-13-12(25)5-14(28-13)22-9-21-15-16(19-8-20-17(15)22)18-6-10-3-1-2-4-11(10)23(26)27;;/h1-4,8-9,12-14,24H,5-7H2,(H,30,31)(H,32,33)(H,18,19,20)(H2,27,28,29);1-4,8-9,12-14,24-25H,5-7H2,(H,18,19,20);2*1H4/t2*12?,13-,14-;;/m11../s1. The van der Waals surface area contributed by atoms with Crippen LogP contribution in [0.2, 0.25) is 0 Å². The molecule has 6 heterocycles. The summed E-state index contributed by atoms with van der Waals surface area (Å²) >= 11 is 0. The number of benzene rings is 2. The molecule has 31 nitrogen and oxygen atoms in total. The van der Waals surface area contributed by atoms with Crippen LogP contribution in [0.5, 0.6) is 0 Å². The summed E-state index contributed by atoms with van der Waals surface area (Å²) in [4.78, 5) is 82.8. The lowest BCUT2D eigenvalue weighted by molar-refractivity contribution is -0.385. The lowest BCUT2D eigenvalue weighted by atomic mass is 10.2. The van der Waals surface area contributed by atoms with Crippen molar-refractivity contribution >= 4 is 68.8 Å². The van der Waals surface area contributed by atoms with Gasteiger partial charge in [0.2, 0.25) is 0 Å². The number of aliphatic hydroxyl groups excluding tert-OH is 3. The van der Waals surface area contributed by atoms with Gasteiger partial charge in [-0.05, 0) is 0 Å². The van der Waals surface area contributed by atoms with Gasteiger partial charge in [-0.15, -0.1) is 0 Å². The Hall–Kier alpha value is -5.85. The van der Waals surface area contributed by atoms with E-state index in [1.807, 2.05) is 0 Å². The van der Waals surface area contributed by atoms with Crippen molar-refractivity contribution < 1.29 is 81.1 Å². The van der Waals surface area contributed by atoms with E-state index in [1.54, 1.807) is 41.0 Å². The average molecular weight is 1040 g/mol. The van der Waals surface area contributed by atoms with Crippen LogP contribution in [0, 0.1) is 20.2 Å². The molecule has 34 heteroatoms. The van der Waals surface area contributed by atoms with Crippen molar-refractivity contribution in [2.45, 2.75) is 77.7 Å². The van der Waals surface area contributed by atoms with E-state index in [1.165, 1.54) is 42.0 Å². The van der Waals surface area contributed by atoms with E-state index in [0.717, 1.165) is 0 Å². The monoisotopic (exact) mass is 1040 g/mol. The highest BCUT2D eigenvalue weighted by atomic mass is 31.3. The molecule has 8 atom stereocenters. The fourth-order valence-electron chi connectivity index (χ4n) is 6.98. The van der Waals surface area contributed by atoms with Crippen molar-refractivity contribution in [2.75, 3.05) is 23.8 Å². The molecular formula is C36H47N12O19P3. The second-order valence-corrected chi connectivity index (χ2v) is 18.9. The van der Waals surface area contributed by atoms with E-state index >= 15 is 0 Å². The summed E-state index contributed by atoms with van der Waals surface area (Å²) in [7, 11) is -16.7. The summed E-state index contributed by atoms with van der Waals surface area (Å²) in [5.41, 5.74) is 2.37. The smallest absolute Gasteiger partial charge is 0.394 e. The molecule has 0 radical (unpaired) electrons. The molecule has 380 valence electrons. The molecule has 4 unspecified atom stereocenters. The normalized spacial score (nSPS) is 21.6. The number of hydrogen-bond donors (Lipinski definition) is 9. The fraction of sp³-hybridized carbons (Fsp3) is 0.389. The number of aromatic nitrogens is 8. The molecule has 0 saturated carbocycles. The maximum atomic E-state index is 12.0. The molecule has 6 aromatic rings. The molecule has 0 bridgehead atoms. The van der Waals surface area contributed by atoms with Crippen LogP contribution in [0.4, 0.5) is 23.0 Å². The van der Waals surface area contributed by atoms with Crippen molar-refractivity contribution in [2.24, 2.45) is 0 Å². The number of phosphoric ester groups is 1. The molecule has 4 aromatic heterocycles. The first-order valence-electron chi connectivity index (χ1n) is 19.6. The molecular weight excluding hydrogens is 997 g/mol. The van der Waals surface area contributed by atoms with Gasteiger partial charge in [0.05, 0.1) is 47.9 Å². The number of fused-ring (bicyclic) bond motifs is 2. The Morgan fingerprint density at radius 3 is 1.54 bits per heavy atom. The third-order valence-electron chi connectivity index (χ3n) is 10.0. The van der Waals surface area contributed by atoms with Gasteiger partial charge in [0.1, 0.15) is 37.3 Å². The molecule has 2 fully saturated rings. The van der Waals surface area contributed by atoms with Crippen LogP contribution in [0.25, 0.3) is 22.3 Å². The molecule has 2 aliphatic rings. The summed E-state index contributed by atoms with van der Waals surface area (Å²) in [5.74, 6) is 0.684. The van der Waals surface area contributed by atoms with E-state index in [9.17, 15) is 59.0 Å². The van der Waals surface area contributed by atoms with Crippen LogP contribution >= 0.6 is 23.5 Å². The zero-order valence-corrected chi connectivity index (χ0v) is 37.2. The second kappa shape index (κ2) is 22.9. The quantitative estimate of drug-likeness (QED) is 0.0337. The molecule has 2 saturated heterocycles. The third kappa shape index (κ3) is 13.3. The maximum absolute atomic E-state index is 12.0. The molecule has 0 amide bonds. The Balaban J connectivity index is 0.000000268. The molecule has 8 rings (SSSR count). The molecule has 70 heavy (non-hydrogen) atoms. The summed E-state index contributed by atoms with van der Waals surface area (Å²) in [6, 6.07) is 12.6. The minimum absolute atomic E-state index is 0. The number of rotatable bonds is 18. The Morgan fingerprint density at radius 2 is 1.11 bits per heavy atom. The predicted molar refractivity (Wildman–Crippen MR) is 241 cm³/mol. The van der Waals surface area contributed by atoms with Gasteiger partial charge in [-0.3, -0.25) is 33.9 Å². The zero-order chi connectivity index (χ0) is 49.0. The first-order chi connectivity index (χ1) is 32.2. The van der Waals surface area contributed by atoms with Crippen molar-refractivity contribution in [3.63, 3.8) is 0 Å². The SMILES string of the molecule is C.C.O=[N+]([O-])c1ccccc1CNc1ncnc2c1ncn2[C@H]1CC(O)[C@@H](CO)O1.O=[N+]([O-])c1ccccc1CNc1ncnc2c1ncn2[C@H]1CC(O)[C@@H](COP(=O)(O)OP(=O)(O)OP(=O)(O)O)O1. The average Bonchev–Trinajstić information content (AvgIpc) is 4.08. The highest BCUT2D eigenvalue weighted by Gasteiger charge is 2.43. The molecule has 9 N–H and O–H groups in total. The first kappa shape index (κ1) is 55.1. The molecule has 0 spiro atoms. The predicted octanol–water partition coefficient (Wildman–Crippen LogP) is 3.60. The fourth-order valence-corrected chi connectivity index (χ4v) is 10.0. The lowest BCUT2D eigenvalue weighted by Gasteiger charge is -2.19. The third-order valence-corrected chi connectivity index (χ3v) is 13.8. The summed E-state index contributed by atoms with van der Waals surface area (Å²) in [5, 5.41) is 58.0. The lowest BCUT2D eigenvalue weighted by Crippen LogP contribution is -2.26. The van der Waals surface area contributed by atoms with E-state index in [0.29, 0.717) is 34.5 Å². The van der Waals surface area contributed by atoms with E-state index in [-0.39, 0.29) is 69.3 Å². The van der Waals surface area contributed by atoms with E-state index in [2.05, 4.69) is 53.7 Å². The van der Waals surface area contributed by atoms with Crippen LogP contribution in [0.15, 0.2) is 73.8 Å². The van der Waals surface area contributed by atoms with Crippen LogP contribution in [0.1, 0.15) is 51.3 Å². The topological polar surface area (TPSA) is 437 Å². The maximum Gasteiger partial charge on any atom is 0.490 e. The number of nitro groups is 2. The van der Waals surface area contributed by atoms with Gasteiger partial charge >= 0.3 is 23.5 Å². The number of imidazole rings is 2. The molecule has 2 aliphatic heterocycles. The Morgan fingerprint density at radius 1 is 0.671 bits per heavy atom. The summed E-state index contributed by atoms with van der Waals surface area (Å²) < 4.78 is 60.4. The number of nitrogens with one attached hydrogen (secondary N) is 2. The zero-order valence-electron chi connectivity index (χ0n) is 34.5. The summed E-state index contributed by atoms with van der Waals surface area (Å²) in [6.45, 7) is -0.869. The Labute approximate surface area is 394 Å². The highest BCUT2D eigenvalue weighted by molar-refractivity contribution is 7.66. The Kier molecular flexibility index (Phi) is 18.0. The second-order valence-electron chi connectivity index (χ2n) is 14.5. The van der Waals surface area contributed by atoms with Crippen molar-refractivity contribution in [1.82, 2.24) is 39.0 Å². The number of phosphoric acid groups is 3. The van der Waals surface area contributed by atoms with E-state index < -0.39 is 76.8 Å². The Bertz CT molecular complexity index is 2940. The van der Waals surface area contributed by atoms with E-state index in [4.69, 9.17) is 19.3 Å². The highest BCUT2D eigenvalue weighted by Crippen LogP contribution is 2.66. The van der Waals surface area contributed by atoms with Gasteiger partial charge in [0, 0.05) is 49.2 Å². The van der Waals surface area contributed by atoms with Crippen LogP contribution in [-0.2, 0) is 49.4 Å². The van der Waals surface area contributed by atoms with Gasteiger partial charge in [-0.2, -0.15) is 8.62 Å². The van der Waals surface area contributed by atoms with Crippen molar-refractivity contribution in [3.8, 4) is 0 Å². The summed E-state index contributed by atoms with van der Waals surface area (Å²) in [6.07, 6.45) is 0.298. The molecule has 2 aromatic carbocycles. The number of anilines is 2. The number of hydrogen-bond acceptors (Lipinski definition) is 23. The number of ether oxygens (including phenoxy) is 2. The number of nitro benzene ring substituents is 2. The van der Waals surface area contributed by atoms with Gasteiger partial charge in [0.25, 0.3) is 11.4 Å². The minimum Gasteiger partial charge on any atom is -0.394 e. The van der Waals surface area contributed by atoms with Crippen molar-refractivity contribution in [3.05, 3.63) is 105 Å². The number of para-hydroxylation sites is 2. The largest absolute Gasteiger partial charge is 0.490 e. The van der Waals surface area contributed by atoms with Gasteiger partial charge in [-0.1, -0.05) is 51.3 Å². The number of nitrogens with zero attached hydrogens (tertiary/aromatic N) is 10. The first-order valence-corrected chi connectivity index (χ1v) is 24.1. The van der Waals surface area contributed by atoms with Gasteiger partial charge in [-0.25, -0.2) is 43.6 Å². The van der Waals surface area contributed by atoms with Crippen molar-refractivity contribution in [1.29, 1.82) is 0 Å². The van der Waals surface area contributed by atoms with Gasteiger partial charge < -0.3 is 55.0 Å². The van der Waals surface area contributed by atoms with Gasteiger partial charge in [0.15, 0.2) is 34.0 Å². The van der Waals surface area contributed by atoms with Crippen LogP contribution in [0.3, 0.4) is 0 Å². The molecule has 0 aliphatic carbocycles. The van der Waals surface area contributed by atoms with Crippen LogP contribution < -0.4 is 10.6 Å². The minimum atomic E-state index is -5.70. The number of aliphatic hydroxyl groups is 3. The van der Waals surface area contributed by atoms with Crippen LogP contribution in [-0.4, -0.2) is 121 Å².